The molecule has 1 atom stereocenters. The molecule has 6 heteroatoms. The Balaban J connectivity index is 1.96. The van der Waals surface area contributed by atoms with Gasteiger partial charge in [0.2, 0.25) is 0 Å². The van der Waals surface area contributed by atoms with Crippen molar-refractivity contribution in [3.05, 3.63) is 29.3 Å². The number of nitrogens with zero attached hydrogens (tertiary/aromatic N) is 1. The van der Waals surface area contributed by atoms with Crippen molar-refractivity contribution in [2.24, 2.45) is 5.92 Å². The predicted octanol–water partition coefficient (Wildman–Crippen LogP) is 1.62. The van der Waals surface area contributed by atoms with Gasteiger partial charge in [0.05, 0.1) is 11.3 Å². The van der Waals surface area contributed by atoms with Gasteiger partial charge in [-0.05, 0) is 37.6 Å². The zero-order valence-electron chi connectivity index (χ0n) is 11.5. The summed E-state index contributed by atoms with van der Waals surface area (Å²) in [6.45, 7) is 5.47. The molecule has 20 heavy (non-hydrogen) atoms. The molecule has 2 rings (SSSR count). The van der Waals surface area contributed by atoms with Crippen LogP contribution in [0.1, 0.15) is 23.7 Å². The van der Waals surface area contributed by atoms with Gasteiger partial charge in [-0.25, -0.2) is 8.78 Å². The number of nitrogens with two attached hydrogens (primary N) is 1. The molecule has 0 spiro atoms. The van der Waals surface area contributed by atoms with E-state index in [0.29, 0.717) is 12.5 Å². The second kappa shape index (κ2) is 6.17. The Morgan fingerprint density at radius 1 is 1.50 bits per heavy atom. The lowest BCUT2D eigenvalue weighted by molar-refractivity contribution is 0.0943. The van der Waals surface area contributed by atoms with Gasteiger partial charge in [0, 0.05) is 13.1 Å². The Kier molecular flexibility index (Phi) is 4.54. The second-order valence-corrected chi connectivity index (χ2v) is 5.11. The highest BCUT2D eigenvalue weighted by atomic mass is 19.1. The molecule has 4 nitrogen and oxygen atoms in total. The van der Waals surface area contributed by atoms with Crippen molar-refractivity contribution in [2.45, 2.75) is 13.3 Å². The van der Waals surface area contributed by atoms with Crippen LogP contribution in [0.3, 0.4) is 0 Å². The standard InChI is InChI=1S/C14H19F2N3O/c1-2-19-4-3-9(8-19)7-18-14(20)11-5-10(15)6-12(17)13(11)16/h5-6,9H,2-4,7-8,17H2,1H3,(H,18,20). The highest BCUT2D eigenvalue weighted by Crippen LogP contribution is 2.18. The number of nitrogen functional groups attached to an aromatic ring is 1. The first-order valence-corrected chi connectivity index (χ1v) is 6.76. The summed E-state index contributed by atoms with van der Waals surface area (Å²) in [5, 5.41) is 2.65. The van der Waals surface area contributed by atoms with Crippen molar-refractivity contribution in [3.63, 3.8) is 0 Å². The SMILES string of the molecule is CCN1CCC(CNC(=O)c2cc(F)cc(N)c2F)C1. The zero-order chi connectivity index (χ0) is 14.7. The van der Waals surface area contributed by atoms with Gasteiger partial charge in [0.25, 0.3) is 5.91 Å². The van der Waals surface area contributed by atoms with Crippen LogP contribution in [-0.4, -0.2) is 37.0 Å². The fourth-order valence-corrected chi connectivity index (χ4v) is 2.47. The first kappa shape index (κ1) is 14.7. The molecule has 1 aliphatic heterocycles. The van der Waals surface area contributed by atoms with E-state index in [1.165, 1.54) is 0 Å². The monoisotopic (exact) mass is 283 g/mol. The Morgan fingerprint density at radius 3 is 2.90 bits per heavy atom. The Morgan fingerprint density at radius 2 is 2.25 bits per heavy atom. The molecule has 1 aliphatic rings. The van der Waals surface area contributed by atoms with E-state index in [4.69, 9.17) is 5.73 Å². The maximum Gasteiger partial charge on any atom is 0.254 e. The van der Waals surface area contributed by atoms with Crippen LogP contribution < -0.4 is 11.1 Å². The quantitative estimate of drug-likeness (QED) is 0.826. The number of anilines is 1. The summed E-state index contributed by atoms with van der Waals surface area (Å²) < 4.78 is 26.9. The van der Waals surface area contributed by atoms with Gasteiger partial charge in [-0.15, -0.1) is 0 Å². The first-order chi connectivity index (χ1) is 9.51. The lowest BCUT2D eigenvalue weighted by atomic mass is 10.1. The fraction of sp³-hybridized carbons (Fsp3) is 0.500. The molecule has 1 unspecified atom stereocenters. The highest BCUT2D eigenvalue weighted by molar-refractivity contribution is 5.95. The van der Waals surface area contributed by atoms with Gasteiger partial charge in [-0.2, -0.15) is 0 Å². The van der Waals surface area contributed by atoms with Crippen LogP contribution in [-0.2, 0) is 0 Å². The average molecular weight is 283 g/mol. The van der Waals surface area contributed by atoms with Gasteiger partial charge < -0.3 is 16.0 Å². The average Bonchev–Trinajstić information content (AvgIpc) is 2.88. The molecule has 110 valence electrons. The molecule has 1 saturated heterocycles. The number of halogens is 2. The van der Waals surface area contributed by atoms with Crippen LogP contribution in [0.2, 0.25) is 0 Å². The van der Waals surface area contributed by atoms with Crippen LogP contribution in [0.25, 0.3) is 0 Å². The minimum Gasteiger partial charge on any atom is -0.396 e. The molecule has 1 aromatic carbocycles. The van der Waals surface area contributed by atoms with Crippen molar-refractivity contribution < 1.29 is 13.6 Å². The van der Waals surface area contributed by atoms with E-state index in [1.54, 1.807) is 0 Å². The van der Waals surface area contributed by atoms with Gasteiger partial charge >= 0.3 is 0 Å². The Hall–Kier alpha value is -1.69. The van der Waals surface area contributed by atoms with Crippen molar-refractivity contribution in [1.29, 1.82) is 0 Å². The predicted molar refractivity (Wildman–Crippen MR) is 73.3 cm³/mol. The van der Waals surface area contributed by atoms with E-state index >= 15 is 0 Å². The van der Waals surface area contributed by atoms with Gasteiger partial charge in [0.1, 0.15) is 5.82 Å². The minimum atomic E-state index is -0.870. The largest absolute Gasteiger partial charge is 0.396 e. The molecule has 1 heterocycles. The van der Waals surface area contributed by atoms with E-state index in [0.717, 1.165) is 38.2 Å². The number of hydrogen-bond acceptors (Lipinski definition) is 3. The lowest BCUT2D eigenvalue weighted by Crippen LogP contribution is -2.31. The second-order valence-electron chi connectivity index (χ2n) is 5.11. The van der Waals surface area contributed by atoms with Gasteiger partial charge in [0.15, 0.2) is 5.82 Å². The maximum atomic E-state index is 13.7. The summed E-state index contributed by atoms with van der Waals surface area (Å²) in [5.41, 5.74) is 4.62. The van der Waals surface area contributed by atoms with Crippen LogP contribution in [0.5, 0.6) is 0 Å². The number of rotatable bonds is 4. The van der Waals surface area contributed by atoms with E-state index in [2.05, 4.69) is 17.1 Å². The highest BCUT2D eigenvalue weighted by Gasteiger charge is 2.22. The third kappa shape index (κ3) is 3.25. The number of carbonyl (C=O) groups is 1. The van der Waals surface area contributed by atoms with Crippen molar-refractivity contribution in [1.82, 2.24) is 10.2 Å². The summed E-state index contributed by atoms with van der Waals surface area (Å²) in [7, 11) is 0. The third-order valence-electron chi connectivity index (χ3n) is 3.68. The number of likely N-dealkylation sites (tertiary alicyclic amines) is 1. The number of hydrogen-bond donors (Lipinski definition) is 2. The summed E-state index contributed by atoms with van der Waals surface area (Å²) in [6.07, 6.45) is 1.00. The number of benzene rings is 1. The maximum absolute atomic E-state index is 13.7. The molecule has 0 bridgehead atoms. The lowest BCUT2D eigenvalue weighted by Gasteiger charge is -2.14. The smallest absolute Gasteiger partial charge is 0.254 e. The van der Waals surface area contributed by atoms with Gasteiger partial charge in [-0.3, -0.25) is 4.79 Å². The molecule has 0 radical (unpaired) electrons. The summed E-state index contributed by atoms with van der Waals surface area (Å²) in [4.78, 5) is 14.2. The topological polar surface area (TPSA) is 58.4 Å². The minimum absolute atomic E-state index is 0.340. The normalized spacial score (nSPS) is 19.2. The fourth-order valence-electron chi connectivity index (χ4n) is 2.47. The molecule has 1 amide bonds. The number of nitrogens with one attached hydrogen (secondary N) is 1. The zero-order valence-corrected chi connectivity index (χ0v) is 11.5. The van der Waals surface area contributed by atoms with E-state index < -0.39 is 17.5 Å². The van der Waals surface area contributed by atoms with Crippen LogP contribution >= 0.6 is 0 Å². The third-order valence-corrected chi connectivity index (χ3v) is 3.68. The summed E-state index contributed by atoms with van der Waals surface area (Å²) in [5.74, 6) is -1.85. The van der Waals surface area contributed by atoms with E-state index in [1.807, 2.05) is 0 Å². The molecule has 3 N–H and O–H groups in total. The van der Waals surface area contributed by atoms with Crippen LogP contribution in [0.4, 0.5) is 14.5 Å². The molecule has 0 aromatic heterocycles. The van der Waals surface area contributed by atoms with Crippen molar-refractivity contribution in [3.8, 4) is 0 Å². The van der Waals surface area contributed by atoms with E-state index in [9.17, 15) is 13.6 Å². The Labute approximate surface area is 116 Å². The molecule has 0 saturated carbocycles. The van der Waals surface area contributed by atoms with Crippen molar-refractivity contribution >= 4 is 11.6 Å². The molecular formula is C14H19F2N3O. The summed E-state index contributed by atoms with van der Waals surface area (Å²) in [6, 6.07) is 1.73. The Bertz CT molecular complexity index is 507. The van der Waals surface area contributed by atoms with Crippen LogP contribution in [0.15, 0.2) is 12.1 Å². The molecule has 1 aromatic rings. The summed E-state index contributed by atoms with van der Waals surface area (Å²) >= 11 is 0. The molecule has 0 aliphatic carbocycles. The molecular weight excluding hydrogens is 264 g/mol. The number of amides is 1. The van der Waals surface area contributed by atoms with E-state index in [-0.39, 0.29) is 11.3 Å². The number of carbonyl (C=O) groups excluding carboxylic acids is 1. The molecule has 1 fully saturated rings. The van der Waals surface area contributed by atoms with Crippen molar-refractivity contribution in [2.75, 3.05) is 31.9 Å². The first-order valence-electron chi connectivity index (χ1n) is 6.76. The van der Waals surface area contributed by atoms with Gasteiger partial charge in [-0.1, -0.05) is 6.92 Å². The van der Waals surface area contributed by atoms with Crippen LogP contribution in [0, 0.1) is 17.6 Å².